The molecular formula is C36H36N4O2. The Morgan fingerprint density at radius 2 is 1.38 bits per heavy atom. The average molecular weight is 557 g/mol. The first-order valence-electron chi connectivity index (χ1n) is 14.5. The molecule has 0 bridgehead atoms. The Hall–Kier alpha value is -4.52. The van der Waals surface area contributed by atoms with E-state index in [1.165, 1.54) is 5.56 Å². The number of likely N-dealkylation sites (tertiary alicyclic amines) is 1. The van der Waals surface area contributed by atoms with Gasteiger partial charge < -0.3 is 15.0 Å². The van der Waals surface area contributed by atoms with E-state index in [2.05, 4.69) is 58.7 Å². The lowest BCUT2D eigenvalue weighted by Gasteiger charge is -2.30. The Morgan fingerprint density at radius 3 is 2.02 bits per heavy atom. The quantitative estimate of drug-likeness (QED) is 0.221. The minimum absolute atomic E-state index is 0.00671. The van der Waals surface area contributed by atoms with E-state index in [9.17, 15) is 4.79 Å². The van der Waals surface area contributed by atoms with Crippen LogP contribution in [-0.2, 0) is 4.74 Å². The van der Waals surface area contributed by atoms with Crippen molar-refractivity contribution in [2.24, 2.45) is 0 Å². The molecular weight excluding hydrogens is 520 g/mol. The summed E-state index contributed by atoms with van der Waals surface area (Å²) in [5, 5.41) is 5.27. The third kappa shape index (κ3) is 5.64. The summed E-state index contributed by atoms with van der Waals surface area (Å²) in [7, 11) is 3.64. The van der Waals surface area contributed by atoms with Crippen molar-refractivity contribution in [3.8, 4) is 22.5 Å². The number of urea groups is 1. The second-order valence-corrected chi connectivity index (χ2v) is 10.8. The summed E-state index contributed by atoms with van der Waals surface area (Å²) in [5.74, 6) is 0.197. The molecule has 0 aliphatic carbocycles. The van der Waals surface area contributed by atoms with E-state index in [0.29, 0.717) is 6.61 Å². The maximum Gasteiger partial charge on any atom is 0.321 e. The van der Waals surface area contributed by atoms with Crippen molar-refractivity contribution in [2.45, 2.75) is 12.0 Å². The standard InChI is InChI=1S/C36H36N4O2/c1-39(32-25-40(22-23-42-2)24-31(32)26-14-6-3-7-15-26)36(41)38-35-30-21-13-12-20-29(30)33(27-16-8-4-9-17-27)37-34(35)28-18-10-5-11-19-28/h3-21,31-32H,22-25H2,1-2H3,(H,38,41)/t31-,32+/m0/s1. The lowest BCUT2D eigenvalue weighted by molar-refractivity contribution is 0.155. The summed E-state index contributed by atoms with van der Waals surface area (Å²) in [6.07, 6.45) is 0. The van der Waals surface area contributed by atoms with Crippen LogP contribution in [0.1, 0.15) is 11.5 Å². The number of ether oxygens (including phenoxy) is 1. The Balaban J connectivity index is 1.39. The molecule has 0 spiro atoms. The molecule has 0 unspecified atom stereocenters. The van der Waals surface area contributed by atoms with E-state index in [-0.39, 0.29) is 18.0 Å². The topological polar surface area (TPSA) is 57.7 Å². The van der Waals surface area contributed by atoms with Crippen molar-refractivity contribution >= 4 is 22.5 Å². The molecule has 6 nitrogen and oxygen atoms in total. The molecule has 0 saturated carbocycles. The fourth-order valence-corrected chi connectivity index (χ4v) is 6.05. The van der Waals surface area contributed by atoms with Gasteiger partial charge in [0.2, 0.25) is 0 Å². The number of rotatable bonds is 8. The van der Waals surface area contributed by atoms with Gasteiger partial charge in [0, 0.05) is 61.6 Å². The van der Waals surface area contributed by atoms with Crippen LogP contribution in [0, 0.1) is 0 Å². The Labute approximate surface area is 247 Å². The molecule has 1 aromatic heterocycles. The lowest BCUT2D eigenvalue weighted by atomic mass is 9.93. The number of benzene rings is 4. The number of carbonyl (C=O) groups excluding carboxylic acids is 1. The molecule has 1 aliphatic heterocycles. The summed E-state index contributed by atoms with van der Waals surface area (Å²) < 4.78 is 5.36. The van der Waals surface area contributed by atoms with Gasteiger partial charge in [-0.15, -0.1) is 0 Å². The van der Waals surface area contributed by atoms with Gasteiger partial charge >= 0.3 is 6.03 Å². The van der Waals surface area contributed by atoms with E-state index >= 15 is 0 Å². The van der Waals surface area contributed by atoms with Crippen LogP contribution < -0.4 is 5.32 Å². The number of nitrogens with zero attached hydrogens (tertiary/aromatic N) is 3. The zero-order valence-electron chi connectivity index (χ0n) is 24.1. The second kappa shape index (κ2) is 12.6. The van der Waals surface area contributed by atoms with Crippen LogP contribution in [0.2, 0.25) is 0 Å². The number of aromatic nitrogens is 1. The molecule has 1 N–H and O–H groups in total. The maximum atomic E-state index is 14.1. The van der Waals surface area contributed by atoms with Crippen LogP contribution in [0.15, 0.2) is 115 Å². The molecule has 4 aromatic carbocycles. The first-order valence-corrected chi connectivity index (χ1v) is 14.5. The summed E-state index contributed by atoms with van der Waals surface area (Å²) in [4.78, 5) is 23.6. The Bertz CT molecular complexity index is 1640. The third-order valence-corrected chi connectivity index (χ3v) is 8.26. The molecule has 212 valence electrons. The molecule has 2 amide bonds. The molecule has 6 rings (SSSR count). The van der Waals surface area contributed by atoms with E-state index in [1.807, 2.05) is 78.7 Å². The maximum absolute atomic E-state index is 14.1. The highest BCUT2D eigenvalue weighted by molar-refractivity contribution is 6.10. The van der Waals surface area contributed by atoms with Gasteiger partial charge in [-0.3, -0.25) is 4.90 Å². The van der Waals surface area contributed by atoms with E-state index < -0.39 is 0 Å². The fraction of sp³-hybridized carbons (Fsp3) is 0.222. The normalized spacial score (nSPS) is 16.9. The molecule has 1 fully saturated rings. The summed E-state index contributed by atoms with van der Waals surface area (Å²) in [5.41, 5.74) is 5.60. The van der Waals surface area contributed by atoms with Crippen molar-refractivity contribution in [1.29, 1.82) is 0 Å². The minimum Gasteiger partial charge on any atom is -0.383 e. The number of methoxy groups -OCH3 is 1. The van der Waals surface area contributed by atoms with Crippen molar-refractivity contribution in [1.82, 2.24) is 14.8 Å². The number of pyridine rings is 1. The molecule has 0 radical (unpaired) electrons. The smallest absolute Gasteiger partial charge is 0.321 e. The predicted molar refractivity (Wildman–Crippen MR) is 171 cm³/mol. The summed E-state index contributed by atoms with van der Waals surface area (Å²) in [6.45, 7) is 3.15. The first-order chi connectivity index (χ1) is 20.6. The van der Waals surface area contributed by atoms with Gasteiger partial charge in [-0.05, 0) is 5.56 Å². The third-order valence-electron chi connectivity index (χ3n) is 8.26. The van der Waals surface area contributed by atoms with Crippen molar-refractivity contribution in [3.05, 3.63) is 121 Å². The van der Waals surface area contributed by atoms with E-state index in [4.69, 9.17) is 9.72 Å². The van der Waals surface area contributed by atoms with Gasteiger partial charge in [-0.25, -0.2) is 9.78 Å². The lowest BCUT2D eigenvalue weighted by Crippen LogP contribution is -2.44. The number of amides is 2. The van der Waals surface area contributed by atoms with Crippen LogP contribution in [0.4, 0.5) is 10.5 Å². The van der Waals surface area contributed by atoms with Crippen LogP contribution in [0.3, 0.4) is 0 Å². The zero-order chi connectivity index (χ0) is 28.9. The number of carbonyl (C=O) groups is 1. The highest BCUT2D eigenvalue weighted by Gasteiger charge is 2.38. The minimum atomic E-state index is -0.147. The monoisotopic (exact) mass is 556 g/mol. The van der Waals surface area contributed by atoms with Gasteiger partial charge in [0.1, 0.15) is 0 Å². The molecule has 6 heteroatoms. The largest absolute Gasteiger partial charge is 0.383 e. The highest BCUT2D eigenvalue weighted by atomic mass is 16.5. The predicted octanol–water partition coefficient (Wildman–Crippen LogP) is 7.15. The molecule has 5 aromatic rings. The van der Waals surface area contributed by atoms with E-state index in [0.717, 1.165) is 58.6 Å². The molecule has 2 atom stereocenters. The summed E-state index contributed by atoms with van der Waals surface area (Å²) >= 11 is 0. The Kier molecular flexibility index (Phi) is 8.26. The number of hydrogen-bond donors (Lipinski definition) is 1. The number of anilines is 1. The molecule has 1 saturated heterocycles. The average Bonchev–Trinajstić information content (AvgIpc) is 3.49. The molecule has 2 heterocycles. The first kappa shape index (κ1) is 27.6. The SMILES string of the molecule is COCCN1C[C@@H](N(C)C(=O)Nc2c(-c3ccccc3)nc(-c3ccccc3)c3ccccc23)[C@H](c2ccccc2)C1. The fourth-order valence-electron chi connectivity index (χ4n) is 6.05. The van der Waals surface area contributed by atoms with Gasteiger partial charge in [0.05, 0.1) is 29.7 Å². The zero-order valence-corrected chi connectivity index (χ0v) is 24.1. The number of hydrogen-bond acceptors (Lipinski definition) is 4. The van der Waals surface area contributed by atoms with Crippen LogP contribution >= 0.6 is 0 Å². The molecule has 42 heavy (non-hydrogen) atoms. The Morgan fingerprint density at radius 1 is 0.810 bits per heavy atom. The number of fused-ring (bicyclic) bond motifs is 1. The van der Waals surface area contributed by atoms with Crippen molar-refractivity contribution in [2.75, 3.05) is 45.7 Å². The van der Waals surface area contributed by atoms with Crippen molar-refractivity contribution < 1.29 is 9.53 Å². The van der Waals surface area contributed by atoms with Gasteiger partial charge in [0.25, 0.3) is 0 Å². The van der Waals surface area contributed by atoms with Gasteiger partial charge in [-0.2, -0.15) is 0 Å². The number of nitrogens with one attached hydrogen (secondary N) is 1. The molecule has 1 aliphatic rings. The second-order valence-electron chi connectivity index (χ2n) is 10.8. The van der Waals surface area contributed by atoms with Gasteiger partial charge in [0.15, 0.2) is 0 Å². The van der Waals surface area contributed by atoms with E-state index in [1.54, 1.807) is 7.11 Å². The van der Waals surface area contributed by atoms with Crippen molar-refractivity contribution in [3.63, 3.8) is 0 Å². The van der Waals surface area contributed by atoms with Crippen LogP contribution in [-0.4, -0.2) is 67.3 Å². The van der Waals surface area contributed by atoms with Crippen LogP contribution in [0.25, 0.3) is 33.3 Å². The summed E-state index contributed by atoms with van der Waals surface area (Å²) in [6, 6.07) is 38.9. The van der Waals surface area contributed by atoms with Crippen LogP contribution in [0.5, 0.6) is 0 Å². The van der Waals surface area contributed by atoms with Gasteiger partial charge in [-0.1, -0.05) is 115 Å². The highest BCUT2D eigenvalue weighted by Crippen LogP contribution is 2.39. The number of likely N-dealkylation sites (N-methyl/N-ethyl adjacent to an activating group) is 1.